The fourth-order valence-corrected chi connectivity index (χ4v) is 3.55. The summed E-state index contributed by atoms with van der Waals surface area (Å²) in [7, 11) is 4.07. The Morgan fingerprint density at radius 1 is 1.28 bits per heavy atom. The maximum atomic E-state index is 5.53. The Hall–Kier alpha value is -0.120. The van der Waals surface area contributed by atoms with Gasteiger partial charge < -0.3 is 15.0 Å². The van der Waals surface area contributed by atoms with Crippen molar-refractivity contribution in [3.8, 4) is 0 Å². The number of nitrogens with one attached hydrogen (secondary N) is 1. The van der Waals surface area contributed by atoms with Gasteiger partial charge in [0.25, 0.3) is 0 Å². The Balaban J connectivity index is 1.80. The molecule has 2 aliphatic rings. The van der Waals surface area contributed by atoms with Crippen molar-refractivity contribution in [1.82, 2.24) is 10.2 Å². The van der Waals surface area contributed by atoms with E-state index in [1.165, 1.54) is 32.4 Å². The van der Waals surface area contributed by atoms with Crippen molar-refractivity contribution in [1.29, 1.82) is 0 Å². The molecule has 1 heterocycles. The Morgan fingerprint density at radius 2 is 1.89 bits per heavy atom. The Kier molecular flexibility index (Phi) is 4.35. The van der Waals surface area contributed by atoms with Crippen molar-refractivity contribution >= 4 is 0 Å². The molecule has 0 aromatic carbocycles. The number of nitrogens with zero attached hydrogens (tertiary/aromatic N) is 1. The molecule has 1 aliphatic heterocycles. The second kappa shape index (κ2) is 5.48. The van der Waals surface area contributed by atoms with E-state index in [-0.39, 0.29) is 5.41 Å². The highest BCUT2D eigenvalue weighted by molar-refractivity contribution is 5.03. The summed E-state index contributed by atoms with van der Waals surface area (Å²) in [5.41, 5.74) is 0.286. The molecule has 0 amide bonds. The van der Waals surface area contributed by atoms with E-state index >= 15 is 0 Å². The molecule has 0 radical (unpaired) electrons. The second-order valence-electron chi connectivity index (χ2n) is 6.93. The highest BCUT2D eigenvalue weighted by atomic mass is 16.5. The van der Waals surface area contributed by atoms with Crippen LogP contribution in [0, 0.1) is 11.3 Å². The molecule has 1 N–H and O–H groups in total. The lowest BCUT2D eigenvalue weighted by Crippen LogP contribution is -2.63. The van der Waals surface area contributed by atoms with Gasteiger partial charge in [0.2, 0.25) is 0 Å². The minimum Gasteiger partial charge on any atom is -0.381 e. The minimum absolute atomic E-state index is 0.286. The van der Waals surface area contributed by atoms with Gasteiger partial charge in [0, 0.05) is 24.6 Å². The predicted molar refractivity (Wildman–Crippen MR) is 75.8 cm³/mol. The lowest BCUT2D eigenvalue weighted by Gasteiger charge is -2.53. The maximum absolute atomic E-state index is 5.53. The molecule has 1 saturated carbocycles. The van der Waals surface area contributed by atoms with Crippen molar-refractivity contribution in [3.63, 3.8) is 0 Å². The first-order valence-electron chi connectivity index (χ1n) is 7.42. The van der Waals surface area contributed by atoms with E-state index in [0.29, 0.717) is 18.2 Å². The second-order valence-corrected chi connectivity index (χ2v) is 6.93. The van der Waals surface area contributed by atoms with Crippen LogP contribution < -0.4 is 5.32 Å². The fourth-order valence-electron chi connectivity index (χ4n) is 3.55. The van der Waals surface area contributed by atoms with Gasteiger partial charge in [-0.2, -0.15) is 0 Å². The van der Waals surface area contributed by atoms with Crippen LogP contribution in [0.4, 0.5) is 0 Å². The van der Waals surface area contributed by atoms with E-state index in [0.717, 1.165) is 5.92 Å². The first kappa shape index (κ1) is 14.3. The molecule has 3 nitrogen and oxygen atoms in total. The molecule has 2 fully saturated rings. The quantitative estimate of drug-likeness (QED) is 0.832. The molecule has 18 heavy (non-hydrogen) atoms. The summed E-state index contributed by atoms with van der Waals surface area (Å²) < 4.78 is 5.53. The van der Waals surface area contributed by atoms with Crippen LogP contribution in [0.15, 0.2) is 0 Å². The number of likely N-dealkylation sites (tertiary alicyclic amines) is 1. The third kappa shape index (κ3) is 2.73. The van der Waals surface area contributed by atoms with Crippen LogP contribution in [0.3, 0.4) is 0 Å². The van der Waals surface area contributed by atoms with Crippen molar-refractivity contribution in [2.24, 2.45) is 11.3 Å². The van der Waals surface area contributed by atoms with E-state index < -0.39 is 0 Å². The number of methoxy groups -OCH3 is 1. The summed E-state index contributed by atoms with van der Waals surface area (Å²) in [5.74, 6) is 0.846. The molecule has 0 bridgehead atoms. The zero-order chi connectivity index (χ0) is 13.3. The Morgan fingerprint density at radius 3 is 2.39 bits per heavy atom. The number of ether oxygens (including phenoxy) is 1. The van der Waals surface area contributed by atoms with Crippen molar-refractivity contribution in [2.45, 2.75) is 58.2 Å². The van der Waals surface area contributed by atoms with Gasteiger partial charge in [0.05, 0.1) is 6.10 Å². The van der Waals surface area contributed by atoms with Crippen LogP contribution in [0.2, 0.25) is 0 Å². The van der Waals surface area contributed by atoms with Crippen LogP contribution in [-0.2, 0) is 4.74 Å². The molecule has 0 spiro atoms. The SMILES string of the molecule is COC1CC(NC(C)C2CCN(C)CC2)C1(C)C. The summed E-state index contributed by atoms with van der Waals surface area (Å²) in [6.45, 7) is 9.52. The van der Waals surface area contributed by atoms with Crippen molar-refractivity contribution in [3.05, 3.63) is 0 Å². The van der Waals surface area contributed by atoms with E-state index in [1.54, 1.807) is 0 Å². The molecule has 2 rings (SSSR count). The summed E-state index contributed by atoms with van der Waals surface area (Å²) in [5, 5.41) is 3.86. The largest absolute Gasteiger partial charge is 0.381 e. The van der Waals surface area contributed by atoms with E-state index in [1.807, 2.05) is 7.11 Å². The standard InChI is InChI=1S/C15H30N2O/c1-11(12-6-8-17(4)9-7-12)16-13-10-14(18-5)15(13,2)3/h11-14,16H,6-10H2,1-5H3. The first-order valence-corrected chi connectivity index (χ1v) is 7.42. The number of rotatable bonds is 4. The number of hydrogen-bond acceptors (Lipinski definition) is 3. The highest BCUT2D eigenvalue weighted by Crippen LogP contribution is 2.43. The van der Waals surface area contributed by atoms with Gasteiger partial charge in [-0.15, -0.1) is 0 Å². The van der Waals surface area contributed by atoms with Gasteiger partial charge in [-0.1, -0.05) is 13.8 Å². The molecule has 0 aromatic heterocycles. The third-order valence-electron chi connectivity index (χ3n) is 5.40. The van der Waals surface area contributed by atoms with Gasteiger partial charge >= 0.3 is 0 Å². The Labute approximate surface area is 112 Å². The van der Waals surface area contributed by atoms with E-state index in [4.69, 9.17) is 4.74 Å². The number of hydrogen-bond donors (Lipinski definition) is 1. The fraction of sp³-hybridized carbons (Fsp3) is 1.00. The highest BCUT2D eigenvalue weighted by Gasteiger charge is 2.49. The molecule has 1 aliphatic carbocycles. The third-order valence-corrected chi connectivity index (χ3v) is 5.40. The van der Waals surface area contributed by atoms with E-state index in [2.05, 4.69) is 38.0 Å². The summed E-state index contributed by atoms with van der Waals surface area (Å²) >= 11 is 0. The normalized spacial score (nSPS) is 35.2. The maximum Gasteiger partial charge on any atom is 0.0652 e. The lowest BCUT2D eigenvalue weighted by molar-refractivity contribution is -0.102. The topological polar surface area (TPSA) is 24.5 Å². The first-order chi connectivity index (χ1) is 8.45. The molecular formula is C15H30N2O. The predicted octanol–water partition coefficient (Wildman–Crippen LogP) is 2.12. The van der Waals surface area contributed by atoms with Crippen LogP contribution in [0.5, 0.6) is 0 Å². The van der Waals surface area contributed by atoms with Crippen LogP contribution >= 0.6 is 0 Å². The van der Waals surface area contributed by atoms with Crippen molar-refractivity contribution < 1.29 is 4.74 Å². The zero-order valence-corrected chi connectivity index (χ0v) is 12.7. The van der Waals surface area contributed by atoms with E-state index in [9.17, 15) is 0 Å². The Bertz CT molecular complexity index is 272. The summed E-state index contributed by atoms with van der Waals surface area (Å²) in [4.78, 5) is 2.44. The van der Waals surface area contributed by atoms with Gasteiger partial charge in [-0.3, -0.25) is 0 Å². The summed E-state index contributed by atoms with van der Waals surface area (Å²) in [6.07, 6.45) is 4.28. The summed E-state index contributed by atoms with van der Waals surface area (Å²) in [6, 6.07) is 1.26. The molecule has 0 aromatic rings. The van der Waals surface area contributed by atoms with Crippen LogP contribution in [0.1, 0.15) is 40.0 Å². The molecule has 3 heteroatoms. The average molecular weight is 254 g/mol. The number of piperidine rings is 1. The smallest absolute Gasteiger partial charge is 0.0652 e. The molecule has 3 unspecified atom stereocenters. The minimum atomic E-state index is 0.286. The molecule has 1 saturated heterocycles. The zero-order valence-electron chi connectivity index (χ0n) is 12.7. The monoisotopic (exact) mass is 254 g/mol. The van der Waals surface area contributed by atoms with Gasteiger partial charge in [-0.25, -0.2) is 0 Å². The molecular weight excluding hydrogens is 224 g/mol. The molecule has 3 atom stereocenters. The van der Waals surface area contributed by atoms with Gasteiger partial charge in [0.15, 0.2) is 0 Å². The molecule has 106 valence electrons. The van der Waals surface area contributed by atoms with Gasteiger partial charge in [0.1, 0.15) is 0 Å². The lowest BCUT2D eigenvalue weighted by atomic mass is 9.64. The van der Waals surface area contributed by atoms with Crippen molar-refractivity contribution in [2.75, 3.05) is 27.2 Å². The average Bonchev–Trinajstić information content (AvgIpc) is 2.34. The van der Waals surface area contributed by atoms with Crippen LogP contribution in [0.25, 0.3) is 0 Å². The van der Waals surface area contributed by atoms with Gasteiger partial charge in [-0.05, 0) is 52.2 Å². The van der Waals surface area contributed by atoms with Crippen LogP contribution in [-0.4, -0.2) is 50.3 Å².